The van der Waals surface area contributed by atoms with E-state index in [4.69, 9.17) is 14.4 Å². The van der Waals surface area contributed by atoms with E-state index in [1.54, 1.807) is 12.1 Å². The monoisotopic (exact) mass is 414 g/mol. The quantitative estimate of drug-likeness (QED) is 0.655. The summed E-state index contributed by atoms with van der Waals surface area (Å²) in [4.78, 5) is 9.23. The van der Waals surface area contributed by atoms with Gasteiger partial charge in [0, 0.05) is 28.3 Å². The van der Waals surface area contributed by atoms with Gasteiger partial charge < -0.3 is 14.4 Å². The number of nitriles is 1. The van der Waals surface area contributed by atoms with Gasteiger partial charge in [0.15, 0.2) is 0 Å². The molecule has 2 aliphatic carbocycles. The molecule has 0 aliphatic heterocycles. The minimum Gasteiger partial charge on any atom is -0.490 e. The van der Waals surface area contributed by atoms with Gasteiger partial charge in [-0.3, -0.25) is 4.99 Å². The number of aliphatic imine (C=N–C) groups is 1. The van der Waals surface area contributed by atoms with Crippen LogP contribution in [0.25, 0.3) is 22.8 Å². The van der Waals surface area contributed by atoms with Crippen LogP contribution in [0.2, 0.25) is 0 Å². The Labute approximate surface area is 180 Å². The Kier molecular flexibility index (Phi) is 4.79. The molecule has 7 nitrogen and oxygen atoms in total. The van der Waals surface area contributed by atoms with Crippen molar-refractivity contribution in [1.82, 2.24) is 10.1 Å². The van der Waals surface area contributed by atoms with E-state index in [-0.39, 0.29) is 12.7 Å². The van der Waals surface area contributed by atoms with Crippen LogP contribution >= 0.6 is 0 Å². The summed E-state index contributed by atoms with van der Waals surface area (Å²) in [7, 11) is 0. The van der Waals surface area contributed by atoms with Crippen LogP contribution in [-0.4, -0.2) is 40.2 Å². The molecule has 1 fully saturated rings. The fourth-order valence-electron chi connectivity index (χ4n) is 4.33. The Balaban J connectivity index is 1.50. The summed E-state index contributed by atoms with van der Waals surface area (Å²) in [6.07, 6.45) is 1.05. The lowest BCUT2D eigenvalue weighted by Crippen LogP contribution is -2.06. The van der Waals surface area contributed by atoms with E-state index in [0.717, 1.165) is 23.3 Å². The third kappa shape index (κ3) is 3.39. The van der Waals surface area contributed by atoms with E-state index in [9.17, 15) is 5.26 Å². The third-order valence-corrected chi connectivity index (χ3v) is 5.65. The van der Waals surface area contributed by atoms with Crippen LogP contribution in [0.15, 0.2) is 45.9 Å². The average molecular weight is 414 g/mol. The van der Waals surface area contributed by atoms with Crippen molar-refractivity contribution < 1.29 is 14.4 Å². The van der Waals surface area contributed by atoms with Gasteiger partial charge in [0.1, 0.15) is 11.8 Å². The summed E-state index contributed by atoms with van der Waals surface area (Å²) in [5, 5.41) is 22.9. The van der Waals surface area contributed by atoms with Crippen molar-refractivity contribution in [3.8, 4) is 34.7 Å². The number of aromatic nitrogens is 2. The first-order chi connectivity index (χ1) is 15.1. The third-order valence-electron chi connectivity index (χ3n) is 5.65. The van der Waals surface area contributed by atoms with Crippen molar-refractivity contribution >= 4 is 5.71 Å². The molecule has 2 unspecified atom stereocenters. The summed E-state index contributed by atoms with van der Waals surface area (Å²) < 4.78 is 11.2. The number of benzene rings is 2. The molecule has 0 bridgehead atoms. The van der Waals surface area contributed by atoms with E-state index in [1.165, 1.54) is 5.56 Å². The minimum absolute atomic E-state index is 0.0230. The Hall–Kier alpha value is -3.50. The van der Waals surface area contributed by atoms with Crippen LogP contribution in [0.4, 0.5) is 0 Å². The Morgan fingerprint density at radius 1 is 1.26 bits per heavy atom. The molecule has 5 rings (SSSR count). The maximum absolute atomic E-state index is 9.49. The molecule has 7 heteroatoms. The normalized spacial score (nSPS) is 19.9. The first-order valence-corrected chi connectivity index (χ1v) is 10.4. The molecule has 156 valence electrons. The van der Waals surface area contributed by atoms with Gasteiger partial charge >= 0.3 is 0 Å². The summed E-state index contributed by atoms with van der Waals surface area (Å²) in [5.41, 5.74) is 5.48. The van der Waals surface area contributed by atoms with Gasteiger partial charge in [-0.05, 0) is 49.9 Å². The van der Waals surface area contributed by atoms with Crippen molar-refractivity contribution in [1.29, 1.82) is 5.26 Å². The molecule has 1 aromatic heterocycles. The molecule has 0 spiro atoms. The molecule has 2 aromatic carbocycles. The van der Waals surface area contributed by atoms with Crippen LogP contribution < -0.4 is 4.74 Å². The zero-order valence-electron chi connectivity index (χ0n) is 17.4. The molecular formula is C24H22N4O3. The van der Waals surface area contributed by atoms with Crippen LogP contribution in [0, 0.1) is 17.2 Å². The predicted octanol–water partition coefficient (Wildman–Crippen LogP) is 3.96. The van der Waals surface area contributed by atoms with Gasteiger partial charge in [0.05, 0.1) is 24.8 Å². The van der Waals surface area contributed by atoms with Crippen LogP contribution in [0.3, 0.4) is 0 Å². The summed E-state index contributed by atoms with van der Waals surface area (Å²) >= 11 is 0. The zero-order chi connectivity index (χ0) is 21.5. The van der Waals surface area contributed by atoms with Gasteiger partial charge in [-0.1, -0.05) is 23.4 Å². The van der Waals surface area contributed by atoms with Crippen molar-refractivity contribution in [2.45, 2.75) is 32.3 Å². The van der Waals surface area contributed by atoms with Crippen molar-refractivity contribution in [3.63, 3.8) is 0 Å². The second kappa shape index (κ2) is 7.64. The first kappa shape index (κ1) is 19.5. The SMILES string of the molecule is CC(C)Oc1ccc(-c2nc(-c3cccc4c3C3CC3/C4=N\CCO)no2)cc1C#N. The van der Waals surface area contributed by atoms with E-state index < -0.39 is 0 Å². The number of aliphatic hydroxyl groups excluding tert-OH is 1. The number of nitrogens with zero attached hydrogens (tertiary/aromatic N) is 4. The van der Waals surface area contributed by atoms with E-state index >= 15 is 0 Å². The molecule has 1 N–H and O–H groups in total. The van der Waals surface area contributed by atoms with E-state index in [0.29, 0.717) is 47.0 Å². The fourth-order valence-corrected chi connectivity index (χ4v) is 4.33. The lowest BCUT2D eigenvalue weighted by atomic mass is 9.98. The molecule has 2 atom stereocenters. The molecule has 0 saturated heterocycles. The molecule has 1 heterocycles. The lowest BCUT2D eigenvalue weighted by molar-refractivity contribution is 0.241. The second-order valence-corrected chi connectivity index (χ2v) is 8.12. The highest BCUT2D eigenvalue weighted by Crippen LogP contribution is 2.58. The van der Waals surface area contributed by atoms with Gasteiger partial charge in [-0.25, -0.2) is 0 Å². The number of ether oxygens (including phenoxy) is 1. The maximum Gasteiger partial charge on any atom is 0.258 e. The van der Waals surface area contributed by atoms with Crippen molar-refractivity contribution in [2.24, 2.45) is 10.9 Å². The molecule has 1 saturated carbocycles. The first-order valence-electron chi connectivity index (χ1n) is 10.4. The van der Waals surface area contributed by atoms with E-state index in [2.05, 4.69) is 27.3 Å². The highest BCUT2D eigenvalue weighted by molar-refractivity contribution is 6.11. The highest BCUT2D eigenvalue weighted by atomic mass is 16.5. The molecule has 2 aliphatic rings. The largest absolute Gasteiger partial charge is 0.490 e. The number of rotatable bonds is 6. The van der Waals surface area contributed by atoms with Crippen LogP contribution in [0.1, 0.15) is 42.9 Å². The fraction of sp³-hybridized carbons (Fsp3) is 0.333. The summed E-state index contributed by atoms with van der Waals surface area (Å²) in [5.74, 6) is 2.29. The molecule has 0 amide bonds. The number of hydrogen-bond donors (Lipinski definition) is 1. The summed E-state index contributed by atoms with van der Waals surface area (Å²) in [6, 6.07) is 13.5. The smallest absolute Gasteiger partial charge is 0.258 e. The van der Waals surface area contributed by atoms with Crippen molar-refractivity contribution in [2.75, 3.05) is 13.2 Å². The second-order valence-electron chi connectivity index (χ2n) is 8.12. The molecular weight excluding hydrogens is 392 g/mol. The highest BCUT2D eigenvalue weighted by Gasteiger charge is 2.51. The standard InChI is InChI=1S/C24H22N4O3/c1-13(2)30-20-7-6-14(10-15(20)12-25)24-27-23(28-31-24)17-5-3-4-16-21(17)18-11-19(18)22(16)26-8-9-29/h3-7,10,13,18-19,29H,8-9,11H2,1-2H3/b26-22-. The van der Waals surface area contributed by atoms with Gasteiger partial charge in [0.2, 0.25) is 5.82 Å². The Bertz CT molecular complexity index is 1220. The Morgan fingerprint density at radius 3 is 2.87 bits per heavy atom. The molecule has 3 aromatic rings. The van der Waals surface area contributed by atoms with Gasteiger partial charge in [-0.2, -0.15) is 10.2 Å². The van der Waals surface area contributed by atoms with Gasteiger partial charge in [0.25, 0.3) is 5.89 Å². The molecule has 0 radical (unpaired) electrons. The van der Waals surface area contributed by atoms with Crippen LogP contribution in [-0.2, 0) is 0 Å². The number of aliphatic hydroxyl groups is 1. The Morgan fingerprint density at radius 2 is 2.10 bits per heavy atom. The summed E-state index contributed by atoms with van der Waals surface area (Å²) in [6.45, 7) is 4.31. The number of hydrogen-bond acceptors (Lipinski definition) is 7. The zero-order valence-corrected chi connectivity index (χ0v) is 17.4. The average Bonchev–Trinajstić information content (AvgIpc) is 3.27. The van der Waals surface area contributed by atoms with E-state index in [1.807, 2.05) is 32.0 Å². The maximum atomic E-state index is 9.49. The minimum atomic E-state index is -0.0230. The topological polar surface area (TPSA) is 105 Å². The van der Waals surface area contributed by atoms with Crippen molar-refractivity contribution in [3.05, 3.63) is 53.1 Å². The van der Waals surface area contributed by atoms with Crippen LogP contribution in [0.5, 0.6) is 5.75 Å². The van der Waals surface area contributed by atoms with Gasteiger partial charge in [-0.15, -0.1) is 0 Å². The molecule has 31 heavy (non-hydrogen) atoms. The number of fused-ring (bicyclic) bond motifs is 3. The lowest BCUT2D eigenvalue weighted by Gasteiger charge is -2.11. The predicted molar refractivity (Wildman–Crippen MR) is 115 cm³/mol.